The number of rotatable bonds is 10. The van der Waals surface area contributed by atoms with E-state index in [4.69, 9.17) is 30.8 Å². The molecule has 0 bridgehead atoms. The van der Waals surface area contributed by atoms with Gasteiger partial charge in [0.05, 0.1) is 28.6 Å². The van der Waals surface area contributed by atoms with Gasteiger partial charge in [0.2, 0.25) is 0 Å². The van der Waals surface area contributed by atoms with Crippen LogP contribution in [0.1, 0.15) is 19.8 Å². The molecule has 1 aliphatic carbocycles. The van der Waals surface area contributed by atoms with Gasteiger partial charge in [-0.15, -0.1) is 0 Å². The molecule has 1 aliphatic rings. The Morgan fingerprint density at radius 1 is 1.20 bits per heavy atom. The summed E-state index contributed by atoms with van der Waals surface area (Å²) in [6.07, 6.45) is 1.18. The van der Waals surface area contributed by atoms with Crippen molar-refractivity contribution in [2.24, 2.45) is 5.92 Å². The number of nitrogens with zero attached hydrogens (tertiary/aromatic N) is 2. The fraction of sp³-hybridized carbons (Fsp3) is 0.462. The Balaban J connectivity index is 1.59. The zero-order valence-electron chi connectivity index (χ0n) is 20.6. The molecule has 2 aromatic carbocycles. The van der Waals surface area contributed by atoms with Gasteiger partial charge < -0.3 is 14.2 Å². The fourth-order valence-corrected chi connectivity index (χ4v) is 5.27. The third-order valence-corrected chi connectivity index (χ3v) is 8.71. The van der Waals surface area contributed by atoms with Gasteiger partial charge in [-0.25, -0.2) is 0 Å². The molecule has 0 unspecified atom stereocenters. The summed E-state index contributed by atoms with van der Waals surface area (Å²) < 4.78 is 20.4. The Hall–Kier alpha value is -1.87. The van der Waals surface area contributed by atoms with Crippen LogP contribution in [0.2, 0.25) is 30.7 Å². The van der Waals surface area contributed by atoms with Crippen LogP contribution in [0.25, 0.3) is 22.2 Å². The number of benzene rings is 2. The quantitative estimate of drug-likeness (QED) is 0.145. The molecule has 0 atom stereocenters. The minimum Gasteiger partial charge on any atom is -0.466 e. The predicted molar refractivity (Wildman–Crippen MR) is 146 cm³/mol. The number of fused-ring (bicyclic) bond motifs is 1. The first-order valence-electron chi connectivity index (χ1n) is 12.0. The van der Waals surface area contributed by atoms with Gasteiger partial charge in [0.25, 0.3) is 6.01 Å². The van der Waals surface area contributed by atoms with Crippen molar-refractivity contribution in [3.05, 3.63) is 45.9 Å². The molecule has 1 aromatic heterocycles. The molecule has 6 nitrogen and oxygen atoms in total. The Labute approximate surface area is 221 Å². The summed E-state index contributed by atoms with van der Waals surface area (Å²) in [6.45, 7) is 10.2. The first-order chi connectivity index (χ1) is 16.6. The van der Waals surface area contributed by atoms with Crippen molar-refractivity contribution in [1.29, 1.82) is 0 Å². The van der Waals surface area contributed by atoms with Crippen LogP contribution >= 0.6 is 27.5 Å². The van der Waals surface area contributed by atoms with Crippen LogP contribution in [-0.2, 0) is 21.0 Å². The molecule has 0 saturated heterocycles. The summed E-state index contributed by atoms with van der Waals surface area (Å²) in [5.74, 6) is -0.259. The van der Waals surface area contributed by atoms with Crippen molar-refractivity contribution < 1.29 is 19.0 Å². The number of esters is 1. The van der Waals surface area contributed by atoms with Crippen LogP contribution < -0.4 is 4.74 Å². The number of ether oxygens (including phenoxy) is 3. The van der Waals surface area contributed by atoms with Crippen molar-refractivity contribution >= 4 is 52.6 Å². The van der Waals surface area contributed by atoms with E-state index in [1.165, 1.54) is 0 Å². The summed E-state index contributed by atoms with van der Waals surface area (Å²) >= 11 is 10.2. The van der Waals surface area contributed by atoms with Crippen molar-refractivity contribution in [1.82, 2.24) is 9.55 Å². The van der Waals surface area contributed by atoms with Gasteiger partial charge in [-0.2, -0.15) is 4.98 Å². The van der Waals surface area contributed by atoms with E-state index >= 15 is 0 Å². The van der Waals surface area contributed by atoms with E-state index in [1.54, 1.807) is 0 Å². The highest BCUT2D eigenvalue weighted by atomic mass is 79.9. The third-order valence-electron chi connectivity index (χ3n) is 6.16. The molecule has 0 spiro atoms. The van der Waals surface area contributed by atoms with Crippen LogP contribution in [0.5, 0.6) is 6.01 Å². The molecule has 9 heteroatoms. The van der Waals surface area contributed by atoms with Crippen LogP contribution in [-0.4, -0.2) is 42.9 Å². The standard InChI is InChI=1S/C26H32BrClN2O4Si/c1-5-33-25(31)18-12-20(13-18)34-26-29-23-14-21(17-6-8-19(27)9-7-17)22(28)15-24(23)30(26)16-32-10-11-35(2,3)4/h6-9,14-15,18,20H,5,10-13,16H2,1-4H3. The lowest BCUT2D eigenvalue weighted by atomic mass is 9.82. The lowest BCUT2D eigenvalue weighted by Crippen LogP contribution is -2.39. The lowest BCUT2D eigenvalue weighted by Gasteiger charge is -2.33. The molecule has 0 aliphatic heterocycles. The highest BCUT2D eigenvalue weighted by molar-refractivity contribution is 9.10. The van der Waals surface area contributed by atoms with E-state index in [9.17, 15) is 4.79 Å². The van der Waals surface area contributed by atoms with Crippen LogP contribution in [0.3, 0.4) is 0 Å². The molecule has 1 heterocycles. The van der Waals surface area contributed by atoms with Gasteiger partial charge in [-0.05, 0) is 55.6 Å². The average molecular weight is 580 g/mol. The lowest BCUT2D eigenvalue weighted by molar-refractivity contribution is -0.154. The molecule has 0 N–H and O–H groups in total. The minimum absolute atomic E-state index is 0.0802. The van der Waals surface area contributed by atoms with Crippen LogP contribution in [0, 0.1) is 5.92 Å². The van der Waals surface area contributed by atoms with Gasteiger partial charge in [-0.1, -0.05) is 59.3 Å². The number of hydrogen-bond acceptors (Lipinski definition) is 5. The minimum atomic E-state index is -1.20. The number of carbonyl (C=O) groups is 1. The molecule has 4 rings (SSSR count). The molecule has 1 fully saturated rings. The average Bonchev–Trinajstić information content (AvgIpc) is 3.09. The van der Waals surface area contributed by atoms with E-state index in [0.717, 1.165) is 32.7 Å². The zero-order chi connectivity index (χ0) is 25.2. The molecular weight excluding hydrogens is 548 g/mol. The topological polar surface area (TPSA) is 62.6 Å². The van der Waals surface area contributed by atoms with E-state index < -0.39 is 8.07 Å². The van der Waals surface area contributed by atoms with Crippen molar-refractivity contribution in [3.8, 4) is 17.1 Å². The normalized spacial score (nSPS) is 17.9. The van der Waals surface area contributed by atoms with Gasteiger partial charge >= 0.3 is 5.97 Å². The molecule has 3 aromatic rings. The van der Waals surface area contributed by atoms with E-state index in [0.29, 0.717) is 43.8 Å². The number of hydrogen-bond donors (Lipinski definition) is 0. The maximum Gasteiger partial charge on any atom is 0.309 e. The van der Waals surface area contributed by atoms with E-state index in [2.05, 4.69) is 35.6 Å². The van der Waals surface area contributed by atoms with Gasteiger partial charge in [0.15, 0.2) is 0 Å². The fourth-order valence-electron chi connectivity index (χ4n) is 3.99. The van der Waals surface area contributed by atoms with Gasteiger partial charge in [0.1, 0.15) is 12.8 Å². The third kappa shape index (κ3) is 6.47. The monoisotopic (exact) mass is 578 g/mol. The molecular formula is C26H32BrClN2O4Si. The van der Waals surface area contributed by atoms with Crippen LogP contribution in [0.15, 0.2) is 40.9 Å². The highest BCUT2D eigenvalue weighted by Gasteiger charge is 2.38. The summed E-state index contributed by atoms with van der Waals surface area (Å²) in [7, 11) is -1.20. The summed E-state index contributed by atoms with van der Waals surface area (Å²) in [4.78, 5) is 16.8. The number of aromatic nitrogens is 2. The largest absolute Gasteiger partial charge is 0.466 e. The van der Waals surface area contributed by atoms with Crippen LogP contribution in [0.4, 0.5) is 0 Å². The second-order valence-electron chi connectivity index (χ2n) is 10.2. The van der Waals surface area contributed by atoms with E-state index in [1.807, 2.05) is 47.9 Å². The van der Waals surface area contributed by atoms with Gasteiger partial charge in [-0.3, -0.25) is 9.36 Å². The zero-order valence-corrected chi connectivity index (χ0v) is 24.0. The second-order valence-corrected chi connectivity index (χ2v) is 17.1. The smallest absolute Gasteiger partial charge is 0.309 e. The summed E-state index contributed by atoms with van der Waals surface area (Å²) in [5, 5.41) is 0.639. The maximum atomic E-state index is 12.0. The number of carbonyl (C=O) groups excluding carboxylic acids is 1. The number of halogens is 2. The molecule has 35 heavy (non-hydrogen) atoms. The summed E-state index contributed by atoms with van der Waals surface area (Å²) in [6, 6.07) is 13.5. The first kappa shape index (κ1) is 26.2. The SMILES string of the molecule is CCOC(=O)C1CC(Oc2nc3cc(-c4ccc(Br)cc4)c(Cl)cc3n2COCC[Si](C)(C)C)C1. The Morgan fingerprint density at radius 2 is 1.91 bits per heavy atom. The summed E-state index contributed by atoms with van der Waals surface area (Å²) in [5.41, 5.74) is 3.57. The van der Waals surface area contributed by atoms with Crippen molar-refractivity contribution in [3.63, 3.8) is 0 Å². The molecule has 0 radical (unpaired) electrons. The Bertz CT molecular complexity index is 1190. The second kappa shape index (κ2) is 11.0. The van der Waals surface area contributed by atoms with E-state index in [-0.39, 0.29) is 18.0 Å². The maximum absolute atomic E-state index is 12.0. The van der Waals surface area contributed by atoms with Crippen molar-refractivity contribution in [2.75, 3.05) is 13.2 Å². The number of imidazole rings is 1. The molecule has 188 valence electrons. The van der Waals surface area contributed by atoms with Crippen molar-refractivity contribution in [2.45, 2.75) is 58.3 Å². The Morgan fingerprint density at radius 3 is 2.57 bits per heavy atom. The Kier molecular flexibility index (Phi) is 8.25. The highest BCUT2D eigenvalue weighted by Crippen LogP contribution is 2.37. The molecule has 0 amide bonds. The predicted octanol–water partition coefficient (Wildman–Crippen LogP) is 7.15. The molecule has 1 saturated carbocycles. The van der Waals surface area contributed by atoms with Gasteiger partial charge in [0, 0.05) is 24.7 Å². The first-order valence-corrected chi connectivity index (χ1v) is 16.9.